The van der Waals surface area contributed by atoms with Gasteiger partial charge in [0.1, 0.15) is 5.76 Å². The quantitative estimate of drug-likeness (QED) is 0.670. The molecule has 1 N–H and O–H groups in total. The summed E-state index contributed by atoms with van der Waals surface area (Å²) in [6.07, 6.45) is 4.04. The van der Waals surface area contributed by atoms with Crippen molar-refractivity contribution >= 4 is 15.7 Å². The lowest BCUT2D eigenvalue weighted by molar-refractivity contribution is 0.364. The molecule has 0 amide bonds. The van der Waals surface area contributed by atoms with Crippen molar-refractivity contribution in [1.82, 2.24) is 14.3 Å². The van der Waals surface area contributed by atoms with E-state index >= 15 is 0 Å². The smallest absolute Gasteiger partial charge is 0.276 e. The zero-order chi connectivity index (χ0) is 21.3. The van der Waals surface area contributed by atoms with Crippen LogP contribution in [0.1, 0.15) is 18.2 Å². The molecule has 1 saturated heterocycles. The highest BCUT2D eigenvalue weighted by Crippen LogP contribution is 2.29. The Morgan fingerprint density at radius 1 is 1.10 bits per heavy atom. The van der Waals surface area contributed by atoms with E-state index in [1.165, 1.54) is 10.4 Å². The molecule has 4 rings (SSSR count). The van der Waals surface area contributed by atoms with Crippen LogP contribution in [0.15, 0.2) is 57.0 Å². The van der Waals surface area contributed by atoms with E-state index in [0.717, 1.165) is 5.69 Å². The summed E-state index contributed by atoms with van der Waals surface area (Å²) in [6.45, 7) is 5.60. The Morgan fingerprint density at radius 2 is 1.80 bits per heavy atom. The van der Waals surface area contributed by atoms with Crippen LogP contribution in [0.5, 0.6) is 0 Å². The Balaban J connectivity index is 1.54. The van der Waals surface area contributed by atoms with Gasteiger partial charge in [0.2, 0.25) is 5.09 Å². The zero-order valence-corrected chi connectivity index (χ0v) is 17.8. The van der Waals surface area contributed by atoms with Gasteiger partial charge in [-0.05, 0) is 43.7 Å². The summed E-state index contributed by atoms with van der Waals surface area (Å²) in [7, 11) is -3.74. The number of rotatable bonds is 5. The SMILES string of the molecule is CCc1cc(-c2ccc(S(=O)(=O)N3CCN(c4ccncc4)CC3)o2)c(C)[nH]c1=O. The van der Waals surface area contributed by atoms with Crippen LogP contribution in [0.2, 0.25) is 0 Å². The molecule has 0 atom stereocenters. The van der Waals surface area contributed by atoms with Crippen molar-refractivity contribution in [2.75, 3.05) is 31.1 Å². The van der Waals surface area contributed by atoms with Crippen molar-refractivity contribution < 1.29 is 12.8 Å². The lowest BCUT2D eigenvalue weighted by Gasteiger charge is -2.34. The molecule has 0 bridgehead atoms. The first-order valence-corrected chi connectivity index (χ1v) is 11.3. The number of aryl methyl sites for hydroxylation is 2. The number of nitrogens with one attached hydrogen (secondary N) is 1. The summed E-state index contributed by atoms with van der Waals surface area (Å²) >= 11 is 0. The first-order chi connectivity index (χ1) is 14.4. The summed E-state index contributed by atoms with van der Waals surface area (Å²) in [5.41, 5.74) is 2.85. The van der Waals surface area contributed by atoms with E-state index in [9.17, 15) is 13.2 Å². The number of pyridine rings is 2. The minimum Gasteiger partial charge on any atom is -0.443 e. The predicted octanol–water partition coefficient (Wildman–Crippen LogP) is 2.41. The number of hydrogen-bond acceptors (Lipinski definition) is 6. The van der Waals surface area contributed by atoms with Crippen LogP contribution in [-0.2, 0) is 16.4 Å². The highest BCUT2D eigenvalue weighted by molar-refractivity contribution is 7.89. The standard InChI is InChI=1S/C21H24N4O4S/c1-3-16-14-18(15(2)23-21(16)26)19-4-5-20(29-19)30(27,28)25-12-10-24(11-13-25)17-6-8-22-9-7-17/h4-9,14H,3,10-13H2,1-2H3,(H,23,26). The maximum absolute atomic E-state index is 13.1. The van der Waals surface area contributed by atoms with Crippen molar-refractivity contribution in [1.29, 1.82) is 0 Å². The first-order valence-electron chi connectivity index (χ1n) is 9.88. The highest BCUT2D eigenvalue weighted by Gasteiger charge is 2.31. The number of furan rings is 1. The minimum atomic E-state index is -3.74. The summed E-state index contributed by atoms with van der Waals surface area (Å²) in [5, 5.41) is -0.0847. The zero-order valence-electron chi connectivity index (χ0n) is 17.0. The second-order valence-electron chi connectivity index (χ2n) is 7.23. The Labute approximate surface area is 175 Å². The molecule has 3 aromatic heterocycles. The highest BCUT2D eigenvalue weighted by atomic mass is 32.2. The molecule has 0 aliphatic carbocycles. The molecule has 8 nitrogen and oxygen atoms in total. The van der Waals surface area contributed by atoms with Gasteiger partial charge in [-0.1, -0.05) is 6.92 Å². The maximum Gasteiger partial charge on any atom is 0.276 e. The molecule has 3 aromatic rings. The van der Waals surface area contributed by atoms with Gasteiger partial charge >= 0.3 is 0 Å². The van der Waals surface area contributed by atoms with E-state index in [-0.39, 0.29) is 10.7 Å². The molecule has 158 valence electrons. The molecule has 9 heteroatoms. The third-order valence-corrected chi connectivity index (χ3v) is 7.18. The molecular formula is C21H24N4O4S. The van der Waals surface area contributed by atoms with Crippen LogP contribution in [0, 0.1) is 6.92 Å². The topological polar surface area (TPSA) is 99.5 Å². The Bertz CT molecular complexity index is 1190. The molecule has 1 aliphatic rings. The number of aromatic nitrogens is 2. The second-order valence-corrected chi connectivity index (χ2v) is 9.10. The van der Waals surface area contributed by atoms with E-state index in [4.69, 9.17) is 4.42 Å². The Morgan fingerprint density at radius 3 is 2.47 bits per heavy atom. The summed E-state index contributed by atoms with van der Waals surface area (Å²) in [4.78, 5) is 20.9. The number of anilines is 1. The monoisotopic (exact) mass is 428 g/mol. The van der Waals surface area contributed by atoms with Crippen LogP contribution in [-0.4, -0.2) is 48.9 Å². The third-order valence-electron chi connectivity index (χ3n) is 5.40. The lowest BCUT2D eigenvalue weighted by Crippen LogP contribution is -2.48. The molecule has 0 spiro atoms. The van der Waals surface area contributed by atoms with Crippen LogP contribution < -0.4 is 10.5 Å². The van der Waals surface area contributed by atoms with E-state index in [0.29, 0.717) is 55.2 Å². The summed E-state index contributed by atoms with van der Waals surface area (Å²) in [5.74, 6) is 0.424. The van der Waals surface area contributed by atoms with Crippen molar-refractivity contribution in [2.24, 2.45) is 0 Å². The van der Waals surface area contributed by atoms with Gasteiger partial charge < -0.3 is 14.3 Å². The summed E-state index contributed by atoms with van der Waals surface area (Å²) in [6, 6.07) is 8.72. The largest absolute Gasteiger partial charge is 0.443 e. The predicted molar refractivity (Wildman–Crippen MR) is 114 cm³/mol. The van der Waals surface area contributed by atoms with Gasteiger partial charge in [-0.15, -0.1) is 0 Å². The van der Waals surface area contributed by atoms with Crippen LogP contribution in [0.25, 0.3) is 11.3 Å². The Hall–Kier alpha value is -2.91. The van der Waals surface area contributed by atoms with Crippen LogP contribution in [0.4, 0.5) is 5.69 Å². The average Bonchev–Trinajstić information content (AvgIpc) is 3.25. The molecular weight excluding hydrogens is 404 g/mol. The molecule has 4 heterocycles. The van der Waals surface area contributed by atoms with Crippen LogP contribution in [0.3, 0.4) is 0 Å². The van der Waals surface area contributed by atoms with Gasteiger partial charge in [-0.3, -0.25) is 9.78 Å². The maximum atomic E-state index is 13.1. The molecule has 0 unspecified atom stereocenters. The number of hydrogen-bond donors (Lipinski definition) is 1. The van der Waals surface area contributed by atoms with E-state index in [1.807, 2.05) is 19.1 Å². The van der Waals surface area contributed by atoms with E-state index in [2.05, 4.69) is 14.9 Å². The van der Waals surface area contributed by atoms with E-state index in [1.54, 1.807) is 31.5 Å². The number of sulfonamides is 1. The van der Waals surface area contributed by atoms with Crippen LogP contribution >= 0.6 is 0 Å². The van der Waals surface area contributed by atoms with Gasteiger partial charge in [0.05, 0.1) is 0 Å². The van der Waals surface area contributed by atoms with Gasteiger partial charge in [-0.2, -0.15) is 4.31 Å². The van der Waals surface area contributed by atoms with Crippen molar-refractivity contribution in [3.05, 3.63) is 64.3 Å². The third kappa shape index (κ3) is 3.78. The van der Waals surface area contributed by atoms with Crippen molar-refractivity contribution in [3.8, 4) is 11.3 Å². The normalized spacial score (nSPS) is 15.5. The lowest BCUT2D eigenvalue weighted by atomic mass is 10.1. The fourth-order valence-electron chi connectivity index (χ4n) is 3.66. The number of H-pyrrole nitrogens is 1. The van der Waals surface area contributed by atoms with Gasteiger partial charge in [-0.25, -0.2) is 8.42 Å². The molecule has 30 heavy (non-hydrogen) atoms. The van der Waals surface area contributed by atoms with Gasteiger partial charge in [0, 0.05) is 61.1 Å². The number of aromatic amines is 1. The molecule has 0 aromatic carbocycles. The molecule has 1 aliphatic heterocycles. The fourth-order valence-corrected chi connectivity index (χ4v) is 4.99. The number of nitrogens with zero attached hydrogens (tertiary/aromatic N) is 3. The van der Waals surface area contributed by atoms with E-state index < -0.39 is 10.0 Å². The molecule has 0 radical (unpaired) electrons. The van der Waals surface area contributed by atoms with Crippen molar-refractivity contribution in [2.45, 2.75) is 25.4 Å². The fraction of sp³-hybridized carbons (Fsp3) is 0.333. The molecule has 0 saturated carbocycles. The van der Waals surface area contributed by atoms with Gasteiger partial charge in [0.25, 0.3) is 15.6 Å². The minimum absolute atomic E-state index is 0.0847. The molecule has 1 fully saturated rings. The summed E-state index contributed by atoms with van der Waals surface area (Å²) < 4.78 is 33.4. The second kappa shape index (κ2) is 8.08. The number of piperazine rings is 1. The average molecular weight is 429 g/mol. The van der Waals surface area contributed by atoms with Crippen molar-refractivity contribution in [3.63, 3.8) is 0 Å². The van der Waals surface area contributed by atoms with Gasteiger partial charge in [0.15, 0.2) is 0 Å². The first kappa shape index (κ1) is 20.4. The Kier molecular flexibility index (Phi) is 5.48.